The second-order valence-electron chi connectivity index (χ2n) is 4.20. The summed E-state index contributed by atoms with van der Waals surface area (Å²) in [6, 6.07) is 12.4. The van der Waals surface area contributed by atoms with Gasteiger partial charge in [-0.1, -0.05) is 18.2 Å². The van der Waals surface area contributed by atoms with Crippen LogP contribution >= 0.6 is 0 Å². The van der Waals surface area contributed by atoms with E-state index in [9.17, 15) is 4.79 Å². The van der Waals surface area contributed by atoms with Crippen molar-refractivity contribution in [2.45, 2.75) is 13.8 Å². The lowest BCUT2D eigenvalue weighted by atomic mass is 10.1. The number of aryl methyl sites for hydroxylation is 2. The van der Waals surface area contributed by atoms with Crippen molar-refractivity contribution in [3.63, 3.8) is 0 Å². The summed E-state index contributed by atoms with van der Waals surface area (Å²) in [6.07, 6.45) is 0. The van der Waals surface area contributed by atoms with Gasteiger partial charge in [-0.25, -0.2) is 4.79 Å². The quantitative estimate of drug-likeness (QED) is 0.890. The lowest BCUT2D eigenvalue weighted by molar-refractivity contribution is 0.0696. The first-order chi connectivity index (χ1) is 8.56. The predicted molar refractivity (Wildman–Crippen MR) is 69.4 cm³/mol. The van der Waals surface area contributed by atoms with Crippen LogP contribution in [-0.2, 0) is 0 Å². The van der Waals surface area contributed by atoms with Gasteiger partial charge in [0.25, 0.3) is 0 Å². The van der Waals surface area contributed by atoms with Gasteiger partial charge in [-0.2, -0.15) is 0 Å². The van der Waals surface area contributed by atoms with Crippen LogP contribution < -0.4 is 4.74 Å². The summed E-state index contributed by atoms with van der Waals surface area (Å²) >= 11 is 0. The maximum absolute atomic E-state index is 10.9. The van der Waals surface area contributed by atoms with Gasteiger partial charge in [-0.15, -0.1) is 0 Å². The minimum atomic E-state index is -0.957. The van der Waals surface area contributed by atoms with Crippen LogP contribution in [0.1, 0.15) is 21.5 Å². The molecule has 3 nitrogen and oxygen atoms in total. The van der Waals surface area contributed by atoms with Crippen molar-refractivity contribution < 1.29 is 14.6 Å². The zero-order chi connectivity index (χ0) is 13.1. The van der Waals surface area contributed by atoms with Crippen LogP contribution in [-0.4, -0.2) is 11.1 Å². The number of hydrogen-bond donors (Lipinski definition) is 1. The molecule has 0 aliphatic heterocycles. The Balaban J connectivity index is 2.31. The van der Waals surface area contributed by atoms with Crippen molar-refractivity contribution in [2.24, 2.45) is 0 Å². The van der Waals surface area contributed by atoms with Gasteiger partial charge in [0.15, 0.2) is 0 Å². The zero-order valence-electron chi connectivity index (χ0n) is 10.3. The molecule has 0 spiro atoms. The van der Waals surface area contributed by atoms with Crippen molar-refractivity contribution in [3.8, 4) is 11.5 Å². The molecule has 3 heteroatoms. The first-order valence-corrected chi connectivity index (χ1v) is 5.65. The lowest BCUT2D eigenvalue weighted by Crippen LogP contribution is -1.96. The maximum Gasteiger partial charge on any atom is 0.335 e. The van der Waals surface area contributed by atoms with E-state index >= 15 is 0 Å². The molecule has 0 radical (unpaired) electrons. The van der Waals surface area contributed by atoms with Crippen molar-refractivity contribution in [1.29, 1.82) is 0 Å². The molecule has 1 N–H and O–H groups in total. The van der Waals surface area contributed by atoms with E-state index in [1.54, 1.807) is 12.1 Å². The molecule has 0 saturated heterocycles. The Labute approximate surface area is 106 Å². The molecule has 0 heterocycles. The highest BCUT2D eigenvalue weighted by molar-refractivity contribution is 5.88. The van der Waals surface area contributed by atoms with Gasteiger partial charge in [0.1, 0.15) is 11.5 Å². The maximum atomic E-state index is 10.9. The number of rotatable bonds is 3. The van der Waals surface area contributed by atoms with Crippen molar-refractivity contribution in [2.75, 3.05) is 0 Å². The summed E-state index contributed by atoms with van der Waals surface area (Å²) in [6.45, 7) is 3.94. The van der Waals surface area contributed by atoms with Gasteiger partial charge in [-0.05, 0) is 49.2 Å². The van der Waals surface area contributed by atoms with Gasteiger partial charge in [-0.3, -0.25) is 0 Å². The molecule has 0 atom stereocenters. The Bertz CT molecular complexity index is 588. The molecule has 0 saturated carbocycles. The number of carbonyl (C=O) groups is 1. The highest BCUT2D eigenvalue weighted by atomic mass is 16.5. The van der Waals surface area contributed by atoms with Crippen LogP contribution in [0.25, 0.3) is 0 Å². The van der Waals surface area contributed by atoms with Gasteiger partial charge >= 0.3 is 5.97 Å². The monoisotopic (exact) mass is 242 g/mol. The van der Waals surface area contributed by atoms with E-state index in [0.717, 1.165) is 16.9 Å². The third-order valence-corrected chi connectivity index (χ3v) is 2.65. The van der Waals surface area contributed by atoms with E-state index in [0.29, 0.717) is 5.75 Å². The van der Waals surface area contributed by atoms with E-state index in [2.05, 4.69) is 0 Å². The van der Waals surface area contributed by atoms with Gasteiger partial charge in [0.2, 0.25) is 0 Å². The third-order valence-electron chi connectivity index (χ3n) is 2.65. The standard InChI is InChI=1S/C15H14O3/c1-10-6-7-11(2)14(8-10)18-13-5-3-4-12(9-13)15(16)17/h3-9H,1-2H3,(H,16,17). The first-order valence-electron chi connectivity index (χ1n) is 5.65. The molecule has 0 fully saturated rings. The Morgan fingerprint density at radius 2 is 1.89 bits per heavy atom. The molecule has 2 rings (SSSR count). The predicted octanol–water partition coefficient (Wildman–Crippen LogP) is 3.79. The second kappa shape index (κ2) is 4.92. The molecule has 2 aromatic carbocycles. The fourth-order valence-corrected chi connectivity index (χ4v) is 1.64. The first kappa shape index (κ1) is 12.2. The van der Waals surface area contributed by atoms with Crippen molar-refractivity contribution in [3.05, 3.63) is 59.2 Å². The van der Waals surface area contributed by atoms with E-state index in [1.807, 2.05) is 32.0 Å². The number of aromatic carboxylic acids is 1. The Morgan fingerprint density at radius 1 is 1.11 bits per heavy atom. The molecule has 2 aromatic rings. The molecule has 0 amide bonds. The largest absolute Gasteiger partial charge is 0.478 e. The number of carboxylic acids is 1. The summed E-state index contributed by atoms with van der Waals surface area (Å²) in [5.41, 5.74) is 2.34. The molecule has 18 heavy (non-hydrogen) atoms. The highest BCUT2D eigenvalue weighted by Gasteiger charge is 2.06. The fourth-order valence-electron chi connectivity index (χ4n) is 1.64. The van der Waals surface area contributed by atoms with Crippen LogP contribution in [0, 0.1) is 13.8 Å². The summed E-state index contributed by atoms with van der Waals surface area (Å²) in [4.78, 5) is 10.9. The fraction of sp³-hybridized carbons (Fsp3) is 0.133. The average Bonchev–Trinajstić information content (AvgIpc) is 2.34. The van der Waals surface area contributed by atoms with Crippen LogP contribution in [0.4, 0.5) is 0 Å². The normalized spacial score (nSPS) is 10.1. The second-order valence-corrected chi connectivity index (χ2v) is 4.20. The van der Waals surface area contributed by atoms with Crippen LogP contribution in [0.2, 0.25) is 0 Å². The third kappa shape index (κ3) is 2.69. The molecule has 0 aromatic heterocycles. The number of hydrogen-bond acceptors (Lipinski definition) is 2. The van der Waals surface area contributed by atoms with E-state index in [1.165, 1.54) is 12.1 Å². The Kier molecular flexibility index (Phi) is 3.33. The number of benzene rings is 2. The Hall–Kier alpha value is -2.29. The van der Waals surface area contributed by atoms with Crippen molar-refractivity contribution in [1.82, 2.24) is 0 Å². The average molecular weight is 242 g/mol. The zero-order valence-corrected chi connectivity index (χ0v) is 10.3. The van der Waals surface area contributed by atoms with Crippen LogP contribution in [0.15, 0.2) is 42.5 Å². The lowest BCUT2D eigenvalue weighted by Gasteiger charge is -2.09. The van der Waals surface area contributed by atoms with E-state index < -0.39 is 5.97 Å². The molecule has 92 valence electrons. The van der Waals surface area contributed by atoms with Crippen LogP contribution in [0.5, 0.6) is 11.5 Å². The van der Waals surface area contributed by atoms with Gasteiger partial charge in [0, 0.05) is 0 Å². The number of carboxylic acid groups (broad SMARTS) is 1. The summed E-state index contributed by atoms with van der Waals surface area (Å²) < 4.78 is 5.72. The molecule has 0 aliphatic rings. The minimum Gasteiger partial charge on any atom is -0.478 e. The topological polar surface area (TPSA) is 46.5 Å². The van der Waals surface area contributed by atoms with E-state index in [4.69, 9.17) is 9.84 Å². The van der Waals surface area contributed by atoms with Crippen molar-refractivity contribution >= 4 is 5.97 Å². The highest BCUT2D eigenvalue weighted by Crippen LogP contribution is 2.26. The molecule has 0 unspecified atom stereocenters. The molecular weight excluding hydrogens is 228 g/mol. The summed E-state index contributed by atoms with van der Waals surface area (Å²) in [5, 5.41) is 8.92. The SMILES string of the molecule is Cc1ccc(C)c(Oc2cccc(C(=O)O)c2)c1. The van der Waals surface area contributed by atoms with Gasteiger partial charge < -0.3 is 9.84 Å². The summed E-state index contributed by atoms with van der Waals surface area (Å²) in [5.74, 6) is 0.322. The molecular formula is C15H14O3. The van der Waals surface area contributed by atoms with Gasteiger partial charge in [0.05, 0.1) is 5.56 Å². The minimum absolute atomic E-state index is 0.220. The molecule has 0 bridgehead atoms. The summed E-state index contributed by atoms with van der Waals surface area (Å²) in [7, 11) is 0. The molecule has 0 aliphatic carbocycles. The van der Waals surface area contributed by atoms with E-state index in [-0.39, 0.29) is 5.56 Å². The smallest absolute Gasteiger partial charge is 0.335 e. The van der Waals surface area contributed by atoms with Crippen LogP contribution in [0.3, 0.4) is 0 Å². The number of ether oxygens (including phenoxy) is 1. The Morgan fingerprint density at radius 3 is 2.61 bits per heavy atom.